The van der Waals surface area contributed by atoms with E-state index in [2.05, 4.69) is 5.32 Å². The van der Waals surface area contributed by atoms with Crippen LogP contribution in [0.25, 0.3) is 0 Å². The molecule has 2 aromatic rings. The van der Waals surface area contributed by atoms with Gasteiger partial charge in [-0.15, -0.1) is 0 Å². The Labute approximate surface area is 158 Å². The van der Waals surface area contributed by atoms with Gasteiger partial charge in [-0.05, 0) is 35.4 Å². The number of nitrogens with zero attached hydrogens (tertiary/aromatic N) is 1. The molecule has 1 unspecified atom stereocenters. The minimum Gasteiger partial charge on any atom is -0.497 e. The standard InChI is InChI=1S/C20H23ClN2O3/c1-14(24)22-19(16-7-9-18(26-3)10-8-16)12-20(25)23(2)13-15-5-4-6-17(21)11-15/h4-11,19H,12-13H2,1-3H3,(H,22,24). The second-order valence-electron chi connectivity index (χ2n) is 6.11. The number of methoxy groups -OCH3 is 1. The molecular weight excluding hydrogens is 352 g/mol. The topological polar surface area (TPSA) is 58.6 Å². The Kier molecular flexibility index (Phi) is 7.04. The predicted octanol–water partition coefficient (Wildman–Crippen LogP) is 3.57. The minimum atomic E-state index is -0.396. The van der Waals surface area contributed by atoms with Crippen LogP contribution in [-0.2, 0) is 16.1 Å². The number of hydrogen-bond acceptors (Lipinski definition) is 3. The van der Waals surface area contributed by atoms with Crippen LogP contribution in [0.3, 0.4) is 0 Å². The molecule has 2 rings (SSSR count). The highest BCUT2D eigenvalue weighted by atomic mass is 35.5. The van der Waals surface area contributed by atoms with Gasteiger partial charge in [-0.1, -0.05) is 35.9 Å². The minimum absolute atomic E-state index is 0.0699. The molecule has 0 bridgehead atoms. The largest absolute Gasteiger partial charge is 0.497 e. The zero-order valence-electron chi connectivity index (χ0n) is 15.2. The van der Waals surface area contributed by atoms with Crippen molar-refractivity contribution in [3.63, 3.8) is 0 Å². The van der Waals surface area contributed by atoms with Crippen molar-refractivity contribution in [2.24, 2.45) is 0 Å². The van der Waals surface area contributed by atoms with Crippen molar-refractivity contribution in [3.8, 4) is 5.75 Å². The number of rotatable bonds is 7. The van der Waals surface area contributed by atoms with Crippen LogP contribution in [0, 0.1) is 0 Å². The maximum atomic E-state index is 12.6. The van der Waals surface area contributed by atoms with E-state index >= 15 is 0 Å². The summed E-state index contributed by atoms with van der Waals surface area (Å²) in [6.07, 6.45) is 0.170. The lowest BCUT2D eigenvalue weighted by Crippen LogP contribution is -2.33. The Morgan fingerprint density at radius 3 is 2.46 bits per heavy atom. The van der Waals surface area contributed by atoms with Gasteiger partial charge in [0, 0.05) is 25.5 Å². The van der Waals surface area contributed by atoms with Gasteiger partial charge < -0.3 is 15.0 Å². The quantitative estimate of drug-likeness (QED) is 0.805. The first-order chi connectivity index (χ1) is 12.4. The van der Waals surface area contributed by atoms with Crippen molar-refractivity contribution in [1.29, 1.82) is 0 Å². The lowest BCUT2D eigenvalue weighted by Gasteiger charge is -2.23. The maximum Gasteiger partial charge on any atom is 0.225 e. The molecule has 0 fully saturated rings. The molecule has 1 N–H and O–H groups in total. The Morgan fingerprint density at radius 2 is 1.88 bits per heavy atom. The van der Waals surface area contributed by atoms with Crippen LogP contribution in [-0.4, -0.2) is 30.9 Å². The lowest BCUT2D eigenvalue weighted by molar-refractivity contribution is -0.131. The third-order valence-electron chi connectivity index (χ3n) is 4.01. The second-order valence-corrected chi connectivity index (χ2v) is 6.55. The fraction of sp³-hybridized carbons (Fsp3) is 0.300. The smallest absolute Gasteiger partial charge is 0.225 e. The van der Waals surface area contributed by atoms with Crippen molar-refractivity contribution < 1.29 is 14.3 Å². The van der Waals surface area contributed by atoms with Crippen LogP contribution in [0.2, 0.25) is 5.02 Å². The third kappa shape index (κ3) is 5.77. The molecule has 6 heteroatoms. The molecule has 0 saturated carbocycles. The summed E-state index contributed by atoms with van der Waals surface area (Å²) in [6, 6.07) is 14.3. The van der Waals surface area contributed by atoms with Crippen molar-refractivity contribution >= 4 is 23.4 Å². The molecular formula is C20H23ClN2O3. The van der Waals surface area contributed by atoms with E-state index in [1.165, 1.54) is 6.92 Å². The number of halogens is 1. The van der Waals surface area contributed by atoms with Gasteiger partial charge >= 0.3 is 0 Å². The molecule has 0 aromatic heterocycles. The summed E-state index contributed by atoms with van der Waals surface area (Å²) < 4.78 is 5.15. The molecule has 0 radical (unpaired) electrons. The molecule has 0 spiro atoms. The lowest BCUT2D eigenvalue weighted by atomic mass is 10.0. The Balaban J connectivity index is 2.08. The van der Waals surface area contributed by atoms with Gasteiger partial charge in [-0.3, -0.25) is 9.59 Å². The van der Waals surface area contributed by atoms with E-state index in [0.717, 1.165) is 16.9 Å². The average Bonchev–Trinajstić information content (AvgIpc) is 2.60. The van der Waals surface area contributed by atoms with Gasteiger partial charge in [0.15, 0.2) is 0 Å². The van der Waals surface area contributed by atoms with Gasteiger partial charge in [-0.25, -0.2) is 0 Å². The monoisotopic (exact) mass is 374 g/mol. The molecule has 2 aromatic carbocycles. The third-order valence-corrected chi connectivity index (χ3v) is 4.24. The molecule has 2 amide bonds. The Hall–Kier alpha value is -2.53. The Morgan fingerprint density at radius 1 is 1.19 bits per heavy atom. The number of ether oxygens (including phenoxy) is 1. The molecule has 0 aliphatic heterocycles. The molecule has 0 aliphatic carbocycles. The van der Waals surface area contributed by atoms with E-state index in [-0.39, 0.29) is 18.2 Å². The highest BCUT2D eigenvalue weighted by Gasteiger charge is 2.20. The zero-order valence-corrected chi connectivity index (χ0v) is 15.9. The normalized spacial score (nSPS) is 11.5. The molecule has 26 heavy (non-hydrogen) atoms. The SMILES string of the molecule is COc1ccc(C(CC(=O)N(C)Cc2cccc(Cl)c2)NC(C)=O)cc1. The average molecular weight is 375 g/mol. The summed E-state index contributed by atoms with van der Waals surface area (Å²) in [5.74, 6) is 0.468. The van der Waals surface area contributed by atoms with Gasteiger partial charge in [0.2, 0.25) is 11.8 Å². The first-order valence-electron chi connectivity index (χ1n) is 8.28. The van der Waals surface area contributed by atoms with Crippen LogP contribution < -0.4 is 10.1 Å². The highest BCUT2D eigenvalue weighted by molar-refractivity contribution is 6.30. The summed E-state index contributed by atoms with van der Waals surface area (Å²) >= 11 is 5.99. The molecule has 1 atom stereocenters. The van der Waals surface area contributed by atoms with E-state index in [1.807, 2.05) is 42.5 Å². The summed E-state index contributed by atoms with van der Waals surface area (Å²) in [5.41, 5.74) is 1.80. The molecule has 5 nitrogen and oxygen atoms in total. The fourth-order valence-corrected chi connectivity index (χ4v) is 2.87. The van der Waals surface area contributed by atoms with E-state index < -0.39 is 6.04 Å². The number of hydrogen-bond donors (Lipinski definition) is 1. The summed E-state index contributed by atoms with van der Waals surface area (Å²) in [4.78, 5) is 25.8. The van der Waals surface area contributed by atoms with Crippen LogP contribution in [0.5, 0.6) is 5.75 Å². The second kappa shape index (κ2) is 9.25. The first-order valence-corrected chi connectivity index (χ1v) is 8.66. The zero-order chi connectivity index (χ0) is 19.1. The van der Waals surface area contributed by atoms with Gasteiger partial charge in [0.05, 0.1) is 19.6 Å². The van der Waals surface area contributed by atoms with Crippen LogP contribution >= 0.6 is 11.6 Å². The van der Waals surface area contributed by atoms with Crippen molar-refractivity contribution in [2.45, 2.75) is 25.9 Å². The first kappa shape index (κ1) is 19.8. The molecule has 138 valence electrons. The van der Waals surface area contributed by atoms with E-state index in [4.69, 9.17) is 16.3 Å². The summed E-state index contributed by atoms with van der Waals surface area (Å²) in [6.45, 7) is 1.89. The molecule has 0 saturated heterocycles. The number of nitrogens with one attached hydrogen (secondary N) is 1. The molecule has 0 heterocycles. The van der Waals surface area contributed by atoms with Crippen LogP contribution in [0.15, 0.2) is 48.5 Å². The number of carbonyl (C=O) groups excluding carboxylic acids is 2. The van der Waals surface area contributed by atoms with Gasteiger partial charge in [0.25, 0.3) is 0 Å². The predicted molar refractivity (Wildman–Crippen MR) is 102 cm³/mol. The van der Waals surface area contributed by atoms with Crippen molar-refractivity contribution in [3.05, 3.63) is 64.7 Å². The van der Waals surface area contributed by atoms with Gasteiger partial charge in [-0.2, -0.15) is 0 Å². The van der Waals surface area contributed by atoms with Crippen molar-refractivity contribution in [1.82, 2.24) is 10.2 Å². The highest BCUT2D eigenvalue weighted by Crippen LogP contribution is 2.22. The van der Waals surface area contributed by atoms with E-state index in [1.54, 1.807) is 25.1 Å². The summed E-state index contributed by atoms with van der Waals surface area (Å²) in [7, 11) is 3.33. The number of benzene rings is 2. The van der Waals surface area contributed by atoms with Crippen LogP contribution in [0.4, 0.5) is 0 Å². The van der Waals surface area contributed by atoms with Crippen molar-refractivity contribution in [2.75, 3.05) is 14.2 Å². The maximum absolute atomic E-state index is 12.6. The van der Waals surface area contributed by atoms with Gasteiger partial charge in [0.1, 0.15) is 5.75 Å². The van der Waals surface area contributed by atoms with Crippen LogP contribution in [0.1, 0.15) is 30.5 Å². The van der Waals surface area contributed by atoms with E-state index in [0.29, 0.717) is 11.6 Å². The van der Waals surface area contributed by atoms with E-state index in [9.17, 15) is 9.59 Å². The Bertz CT molecular complexity index is 762. The fourth-order valence-electron chi connectivity index (χ4n) is 2.66. The number of carbonyl (C=O) groups is 2. The molecule has 0 aliphatic rings. The number of amides is 2. The summed E-state index contributed by atoms with van der Waals surface area (Å²) in [5, 5.41) is 3.48.